The van der Waals surface area contributed by atoms with Crippen LogP contribution in [0, 0.1) is 0 Å². The molecule has 0 amide bonds. The lowest BCUT2D eigenvalue weighted by Gasteiger charge is -2.30. The summed E-state index contributed by atoms with van der Waals surface area (Å²) in [7, 11) is -3.13. The van der Waals surface area contributed by atoms with Gasteiger partial charge in [0.1, 0.15) is 0 Å². The van der Waals surface area contributed by atoms with Crippen molar-refractivity contribution in [2.75, 3.05) is 44.3 Å². The van der Waals surface area contributed by atoms with E-state index >= 15 is 0 Å². The molecule has 1 aliphatic rings. The number of benzene rings is 1. The van der Waals surface area contributed by atoms with Crippen molar-refractivity contribution in [3.8, 4) is 0 Å². The van der Waals surface area contributed by atoms with E-state index < -0.39 is 10.0 Å². The van der Waals surface area contributed by atoms with Gasteiger partial charge in [0, 0.05) is 38.4 Å². The van der Waals surface area contributed by atoms with Gasteiger partial charge >= 0.3 is 0 Å². The molecule has 140 valence electrons. The van der Waals surface area contributed by atoms with Crippen molar-refractivity contribution in [1.82, 2.24) is 9.21 Å². The van der Waals surface area contributed by atoms with Gasteiger partial charge in [-0.25, -0.2) is 12.7 Å². The molecular weight excluding hydrogens is 336 g/mol. The second-order valence-electron chi connectivity index (χ2n) is 6.35. The maximum absolute atomic E-state index is 11.6. The van der Waals surface area contributed by atoms with Crippen LogP contribution in [0.15, 0.2) is 35.3 Å². The Hall–Kier alpha value is -1.60. The molecule has 1 fully saturated rings. The van der Waals surface area contributed by atoms with Crippen molar-refractivity contribution in [2.45, 2.75) is 32.6 Å². The summed E-state index contributed by atoms with van der Waals surface area (Å²) in [5.41, 5.74) is 1.03. The Morgan fingerprint density at radius 3 is 2.48 bits per heavy atom. The van der Waals surface area contributed by atoms with Crippen molar-refractivity contribution in [2.24, 2.45) is 4.99 Å². The molecule has 0 atom stereocenters. The van der Waals surface area contributed by atoms with Gasteiger partial charge < -0.3 is 10.2 Å². The summed E-state index contributed by atoms with van der Waals surface area (Å²) in [6, 6.07) is 10.1. The number of piperidine rings is 1. The fraction of sp³-hybridized carbons (Fsp3) is 0.611. The lowest BCUT2D eigenvalue weighted by Crippen LogP contribution is -2.40. The van der Waals surface area contributed by atoms with Crippen molar-refractivity contribution < 1.29 is 8.42 Å². The number of sulfonamides is 1. The molecule has 2 rings (SSSR count). The van der Waals surface area contributed by atoms with Crippen LogP contribution in [0.25, 0.3) is 0 Å². The number of guanidine groups is 1. The third kappa shape index (κ3) is 6.66. The zero-order valence-electron chi connectivity index (χ0n) is 15.3. The SMILES string of the molecule is CCN(CCCN=C(Nc1ccccc1)N1CCCCC1)S(C)(=O)=O. The Bertz CT molecular complexity index is 640. The van der Waals surface area contributed by atoms with E-state index in [1.54, 1.807) is 0 Å². The second-order valence-corrected chi connectivity index (χ2v) is 8.33. The molecule has 0 aliphatic carbocycles. The van der Waals surface area contributed by atoms with E-state index in [9.17, 15) is 8.42 Å². The predicted octanol–water partition coefficient (Wildman–Crippen LogP) is 2.61. The van der Waals surface area contributed by atoms with Crippen molar-refractivity contribution in [3.05, 3.63) is 30.3 Å². The van der Waals surface area contributed by atoms with E-state index in [4.69, 9.17) is 4.99 Å². The first-order valence-corrected chi connectivity index (χ1v) is 10.9. The Kier molecular flexibility index (Phi) is 7.71. The van der Waals surface area contributed by atoms with Gasteiger partial charge in [-0.2, -0.15) is 0 Å². The van der Waals surface area contributed by atoms with E-state index in [2.05, 4.69) is 10.2 Å². The Labute approximate surface area is 152 Å². The minimum absolute atomic E-state index is 0.504. The van der Waals surface area contributed by atoms with Crippen LogP contribution in [0.5, 0.6) is 0 Å². The third-order valence-electron chi connectivity index (χ3n) is 4.33. The largest absolute Gasteiger partial charge is 0.343 e. The highest BCUT2D eigenvalue weighted by atomic mass is 32.2. The number of rotatable bonds is 7. The van der Waals surface area contributed by atoms with E-state index in [1.165, 1.54) is 29.8 Å². The number of anilines is 1. The first-order chi connectivity index (χ1) is 12.0. The molecule has 1 heterocycles. The molecule has 0 unspecified atom stereocenters. The zero-order valence-corrected chi connectivity index (χ0v) is 16.1. The van der Waals surface area contributed by atoms with Crippen molar-refractivity contribution in [3.63, 3.8) is 0 Å². The van der Waals surface area contributed by atoms with Crippen LogP contribution in [0.4, 0.5) is 5.69 Å². The molecule has 7 heteroatoms. The average Bonchev–Trinajstić information content (AvgIpc) is 2.61. The summed E-state index contributed by atoms with van der Waals surface area (Å²) < 4.78 is 24.8. The van der Waals surface area contributed by atoms with Gasteiger partial charge in [-0.15, -0.1) is 0 Å². The van der Waals surface area contributed by atoms with Gasteiger partial charge in [0.15, 0.2) is 5.96 Å². The molecule has 0 bridgehead atoms. The average molecular weight is 367 g/mol. The van der Waals surface area contributed by atoms with E-state index in [0.29, 0.717) is 26.1 Å². The summed E-state index contributed by atoms with van der Waals surface area (Å²) in [4.78, 5) is 7.04. The number of aliphatic imine (C=N–C) groups is 1. The smallest absolute Gasteiger partial charge is 0.211 e. The van der Waals surface area contributed by atoms with E-state index in [-0.39, 0.29) is 0 Å². The normalized spacial score (nSPS) is 16.3. The summed E-state index contributed by atoms with van der Waals surface area (Å²) in [6.45, 7) is 5.52. The van der Waals surface area contributed by atoms with Crippen LogP contribution in [-0.4, -0.2) is 62.6 Å². The topological polar surface area (TPSA) is 65.0 Å². The molecular formula is C18H30N4O2S. The number of nitrogens with one attached hydrogen (secondary N) is 1. The number of nitrogens with zero attached hydrogens (tertiary/aromatic N) is 3. The van der Waals surface area contributed by atoms with E-state index in [0.717, 1.165) is 24.7 Å². The van der Waals surface area contributed by atoms with Crippen LogP contribution in [0.1, 0.15) is 32.6 Å². The van der Waals surface area contributed by atoms with Crippen molar-refractivity contribution in [1.29, 1.82) is 0 Å². The fourth-order valence-corrected chi connectivity index (χ4v) is 3.90. The molecule has 0 aromatic heterocycles. The van der Waals surface area contributed by atoms with Gasteiger partial charge in [0.25, 0.3) is 0 Å². The zero-order chi connectivity index (χ0) is 18.1. The Morgan fingerprint density at radius 2 is 1.88 bits per heavy atom. The molecule has 1 aromatic carbocycles. The summed E-state index contributed by atoms with van der Waals surface area (Å²) >= 11 is 0. The number of hydrogen-bond donors (Lipinski definition) is 1. The third-order valence-corrected chi connectivity index (χ3v) is 5.71. The number of hydrogen-bond acceptors (Lipinski definition) is 3. The molecule has 0 spiro atoms. The quantitative estimate of drug-likeness (QED) is 0.458. The first-order valence-electron chi connectivity index (χ1n) is 9.07. The molecule has 6 nitrogen and oxygen atoms in total. The second kappa shape index (κ2) is 9.77. The lowest BCUT2D eigenvalue weighted by molar-refractivity contribution is 0.340. The highest BCUT2D eigenvalue weighted by Gasteiger charge is 2.16. The minimum Gasteiger partial charge on any atom is -0.343 e. The fourth-order valence-electron chi connectivity index (χ4n) is 2.97. The van der Waals surface area contributed by atoms with Crippen LogP contribution in [0.3, 0.4) is 0 Å². The van der Waals surface area contributed by atoms with Gasteiger partial charge in [0.2, 0.25) is 10.0 Å². The molecule has 1 N–H and O–H groups in total. The predicted molar refractivity (Wildman–Crippen MR) is 104 cm³/mol. The van der Waals surface area contributed by atoms with Gasteiger partial charge in [-0.3, -0.25) is 4.99 Å². The lowest BCUT2D eigenvalue weighted by atomic mass is 10.1. The molecule has 25 heavy (non-hydrogen) atoms. The summed E-state index contributed by atoms with van der Waals surface area (Å²) in [5.74, 6) is 0.897. The molecule has 0 radical (unpaired) electrons. The molecule has 1 saturated heterocycles. The van der Waals surface area contributed by atoms with E-state index in [1.807, 2.05) is 37.3 Å². The van der Waals surface area contributed by atoms with Crippen LogP contribution in [-0.2, 0) is 10.0 Å². The maximum atomic E-state index is 11.6. The standard InChI is InChI=1S/C18H30N4O2S/c1-3-22(25(2,23)24)16-10-13-19-18(21-14-8-5-9-15-21)20-17-11-6-4-7-12-17/h4,6-7,11-12H,3,5,8-10,13-16H2,1-2H3,(H,19,20). The number of likely N-dealkylation sites (tertiary alicyclic amines) is 1. The molecule has 0 saturated carbocycles. The number of para-hydroxylation sites is 1. The van der Waals surface area contributed by atoms with Crippen LogP contribution >= 0.6 is 0 Å². The Morgan fingerprint density at radius 1 is 1.20 bits per heavy atom. The highest BCUT2D eigenvalue weighted by Crippen LogP contribution is 2.13. The monoisotopic (exact) mass is 366 g/mol. The maximum Gasteiger partial charge on any atom is 0.211 e. The first kappa shape index (κ1) is 19.7. The summed E-state index contributed by atoms with van der Waals surface area (Å²) in [5, 5.41) is 3.43. The van der Waals surface area contributed by atoms with Gasteiger partial charge in [0.05, 0.1) is 6.26 Å². The van der Waals surface area contributed by atoms with Gasteiger partial charge in [-0.05, 0) is 37.8 Å². The summed E-state index contributed by atoms with van der Waals surface area (Å²) in [6.07, 6.45) is 5.62. The Balaban J connectivity index is 1.97. The molecule has 1 aromatic rings. The molecule has 1 aliphatic heterocycles. The van der Waals surface area contributed by atoms with Gasteiger partial charge in [-0.1, -0.05) is 25.1 Å². The van der Waals surface area contributed by atoms with Crippen LogP contribution in [0.2, 0.25) is 0 Å². The highest BCUT2D eigenvalue weighted by molar-refractivity contribution is 7.88. The minimum atomic E-state index is -3.13. The van der Waals surface area contributed by atoms with Crippen LogP contribution < -0.4 is 5.32 Å². The van der Waals surface area contributed by atoms with Crippen molar-refractivity contribution >= 4 is 21.7 Å².